The second-order valence-electron chi connectivity index (χ2n) is 5.96. The van der Waals surface area contributed by atoms with Crippen LogP contribution >= 0.6 is 0 Å². The molecule has 2 aromatic rings. The molecule has 2 rings (SSSR count). The number of hydrogen-bond acceptors (Lipinski definition) is 3. The third kappa shape index (κ3) is 4.47. The van der Waals surface area contributed by atoms with Crippen LogP contribution in [0, 0.1) is 0 Å². The predicted octanol–water partition coefficient (Wildman–Crippen LogP) is 3.89. The summed E-state index contributed by atoms with van der Waals surface area (Å²) in [5.74, 6) is 0.965. The van der Waals surface area contributed by atoms with Gasteiger partial charge >= 0.3 is 0 Å². The maximum Gasteiger partial charge on any atom is 0.203 e. The van der Waals surface area contributed by atoms with Crippen LogP contribution in [0.2, 0.25) is 0 Å². The number of hydrogen-bond donors (Lipinski definition) is 1. The molecule has 1 aromatic heterocycles. The van der Waals surface area contributed by atoms with Crippen LogP contribution in [0.5, 0.6) is 0 Å². The minimum absolute atomic E-state index is 0.949. The van der Waals surface area contributed by atoms with Crippen molar-refractivity contribution in [1.29, 1.82) is 0 Å². The molecule has 0 aliphatic rings. The Balaban J connectivity index is 1.88. The number of aromatic nitrogens is 2. The van der Waals surface area contributed by atoms with Crippen molar-refractivity contribution in [2.75, 3.05) is 31.5 Å². The molecule has 4 heteroatoms. The van der Waals surface area contributed by atoms with Gasteiger partial charge in [0.15, 0.2) is 0 Å². The summed E-state index contributed by atoms with van der Waals surface area (Å²) in [5.41, 5.74) is 2.24. The standard InChI is InChI=1S/C18H30N4/c1-4-6-13-22(14-7-5-2)15-12-19-18-20-16-10-8-9-11-17(16)21(18)3/h8-11H,4-7,12-15H2,1-3H3,(H,19,20). The van der Waals surface area contributed by atoms with E-state index in [0.29, 0.717) is 0 Å². The molecule has 0 unspecified atom stereocenters. The van der Waals surface area contributed by atoms with Crippen molar-refractivity contribution >= 4 is 17.0 Å². The largest absolute Gasteiger partial charge is 0.354 e. The van der Waals surface area contributed by atoms with E-state index < -0.39 is 0 Å². The summed E-state index contributed by atoms with van der Waals surface area (Å²) in [7, 11) is 2.07. The molecule has 0 aliphatic heterocycles. The average Bonchev–Trinajstić information content (AvgIpc) is 2.86. The van der Waals surface area contributed by atoms with Crippen LogP contribution in [0.4, 0.5) is 5.95 Å². The Hall–Kier alpha value is -1.55. The minimum atomic E-state index is 0.949. The second-order valence-corrected chi connectivity index (χ2v) is 5.96. The van der Waals surface area contributed by atoms with E-state index in [1.165, 1.54) is 44.3 Å². The summed E-state index contributed by atoms with van der Waals surface area (Å²) in [6.07, 6.45) is 5.10. The molecule has 0 bridgehead atoms. The summed E-state index contributed by atoms with van der Waals surface area (Å²) in [6.45, 7) is 8.97. The van der Waals surface area contributed by atoms with E-state index in [1.54, 1.807) is 0 Å². The van der Waals surface area contributed by atoms with Gasteiger partial charge in [0.1, 0.15) is 0 Å². The van der Waals surface area contributed by atoms with E-state index in [1.807, 2.05) is 6.07 Å². The number of para-hydroxylation sites is 2. The van der Waals surface area contributed by atoms with E-state index in [-0.39, 0.29) is 0 Å². The highest BCUT2D eigenvalue weighted by Gasteiger charge is 2.08. The number of imidazole rings is 1. The lowest BCUT2D eigenvalue weighted by molar-refractivity contribution is 0.275. The van der Waals surface area contributed by atoms with Crippen molar-refractivity contribution in [3.63, 3.8) is 0 Å². The number of unbranched alkanes of at least 4 members (excludes halogenated alkanes) is 2. The van der Waals surface area contributed by atoms with Gasteiger partial charge in [-0.15, -0.1) is 0 Å². The topological polar surface area (TPSA) is 33.1 Å². The van der Waals surface area contributed by atoms with E-state index in [4.69, 9.17) is 0 Å². The molecule has 1 N–H and O–H groups in total. The van der Waals surface area contributed by atoms with Crippen molar-refractivity contribution < 1.29 is 0 Å². The maximum absolute atomic E-state index is 4.67. The predicted molar refractivity (Wildman–Crippen MR) is 95.5 cm³/mol. The molecule has 0 radical (unpaired) electrons. The Morgan fingerprint density at radius 3 is 2.36 bits per heavy atom. The third-order valence-corrected chi connectivity index (χ3v) is 4.15. The normalized spacial score (nSPS) is 11.5. The zero-order valence-electron chi connectivity index (χ0n) is 14.3. The molecule has 0 spiro atoms. The van der Waals surface area contributed by atoms with E-state index >= 15 is 0 Å². The average molecular weight is 302 g/mol. The summed E-state index contributed by atoms with van der Waals surface area (Å²) >= 11 is 0. The van der Waals surface area contributed by atoms with E-state index in [0.717, 1.165) is 24.6 Å². The van der Waals surface area contributed by atoms with Crippen molar-refractivity contribution in [2.45, 2.75) is 39.5 Å². The fourth-order valence-corrected chi connectivity index (χ4v) is 2.73. The number of aryl methyl sites for hydroxylation is 1. The van der Waals surface area contributed by atoms with Crippen molar-refractivity contribution in [1.82, 2.24) is 14.5 Å². The van der Waals surface area contributed by atoms with E-state index in [2.05, 4.69) is 58.9 Å². The van der Waals surface area contributed by atoms with Crippen molar-refractivity contribution in [3.05, 3.63) is 24.3 Å². The molecule has 0 amide bonds. The Morgan fingerprint density at radius 1 is 1.05 bits per heavy atom. The highest BCUT2D eigenvalue weighted by molar-refractivity contribution is 5.78. The van der Waals surface area contributed by atoms with Gasteiger partial charge in [0.2, 0.25) is 5.95 Å². The lowest BCUT2D eigenvalue weighted by atomic mass is 10.2. The molecule has 122 valence electrons. The van der Waals surface area contributed by atoms with Crippen LogP contribution in [0.25, 0.3) is 11.0 Å². The molecule has 4 nitrogen and oxygen atoms in total. The van der Waals surface area contributed by atoms with Crippen LogP contribution in [-0.2, 0) is 7.05 Å². The van der Waals surface area contributed by atoms with Crippen LogP contribution in [-0.4, -0.2) is 40.6 Å². The number of anilines is 1. The lowest BCUT2D eigenvalue weighted by Crippen LogP contribution is -2.31. The summed E-state index contributed by atoms with van der Waals surface area (Å²) in [5, 5.41) is 3.50. The SMILES string of the molecule is CCCCN(CCCC)CCNc1nc2ccccc2n1C. The number of benzene rings is 1. The van der Waals surface area contributed by atoms with Gasteiger partial charge in [-0.05, 0) is 38.1 Å². The van der Waals surface area contributed by atoms with Crippen molar-refractivity contribution in [3.8, 4) is 0 Å². The van der Waals surface area contributed by atoms with Gasteiger partial charge < -0.3 is 14.8 Å². The third-order valence-electron chi connectivity index (χ3n) is 4.15. The zero-order valence-corrected chi connectivity index (χ0v) is 14.3. The van der Waals surface area contributed by atoms with Crippen molar-refractivity contribution in [2.24, 2.45) is 7.05 Å². The summed E-state index contributed by atoms with van der Waals surface area (Å²) in [6, 6.07) is 8.28. The van der Waals surface area contributed by atoms with Crippen LogP contribution < -0.4 is 5.32 Å². The first kappa shape index (κ1) is 16.8. The van der Waals surface area contributed by atoms with Gasteiger partial charge in [-0.25, -0.2) is 4.98 Å². The molecular weight excluding hydrogens is 272 g/mol. The van der Waals surface area contributed by atoms with Gasteiger partial charge in [0, 0.05) is 20.1 Å². The Morgan fingerprint density at radius 2 is 1.73 bits per heavy atom. The van der Waals surface area contributed by atoms with Gasteiger partial charge in [-0.1, -0.05) is 38.8 Å². The molecule has 0 saturated carbocycles. The van der Waals surface area contributed by atoms with Gasteiger partial charge in [-0.3, -0.25) is 0 Å². The zero-order chi connectivity index (χ0) is 15.8. The molecule has 22 heavy (non-hydrogen) atoms. The summed E-state index contributed by atoms with van der Waals surface area (Å²) in [4.78, 5) is 7.24. The number of rotatable bonds is 10. The maximum atomic E-state index is 4.67. The molecule has 1 heterocycles. The highest BCUT2D eigenvalue weighted by Crippen LogP contribution is 2.17. The number of fused-ring (bicyclic) bond motifs is 1. The highest BCUT2D eigenvalue weighted by atomic mass is 15.2. The minimum Gasteiger partial charge on any atom is -0.354 e. The molecule has 0 saturated heterocycles. The first-order chi connectivity index (χ1) is 10.8. The van der Waals surface area contributed by atoms with Gasteiger partial charge in [-0.2, -0.15) is 0 Å². The second kappa shape index (κ2) is 8.79. The van der Waals surface area contributed by atoms with Gasteiger partial charge in [0.05, 0.1) is 11.0 Å². The molecule has 0 atom stereocenters. The fourth-order valence-electron chi connectivity index (χ4n) is 2.73. The molecule has 0 fully saturated rings. The molecule has 1 aromatic carbocycles. The molecule has 0 aliphatic carbocycles. The number of nitrogens with one attached hydrogen (secondary N) is 1. The first-order valence-electron chi connectivity index (χ1n) is 8.64. The summed E-state index contributed by atoms with van der Waals surface area (Å²) < 4.78 is 2.14. The quantitative estimate of drug-likeness (QED) is 0.723. The Kier molecular flexibility index (Phi) is 6.72. The molecular formula is C18H30N4. The Bertz CT molecular complexity index is 553. The smallest absolute Gasteiger partial charge is 0.203 e. The van der Waals surface area contributed by atoms with Crippen LogP contribution in [0.15, 0.2) is 24.3 Å². The fraction of sp³-hybridized carbons (Fsp3) is 0.611. The number of nitrogens with zero attached hydrogens (tertiary/aromatic N) is 3. The van der Waals surface area contributed by atoms with Gasteiger partial charge in [0.25, 0.3) is 0 Å². The van der Waals surface area contributed by atoms with Crippen LogP contribution in [0.1, 0.15) is 39.5 Å². The van der Waals surface area contributed by atoms with E-state index in [9.17, 15) is 0 Å². The first-order valence-corrected chi connectivity index (χ1v) is 8.64. The van der Waals surface area contributed by atoms with Crippen LogP contribution in [0.3, 0.4) is 0 Å². The lowest BCUT2D eigenvalue weighted by Gasteiger charge is -2.22. The Labute approximate surface area is 134 Å². The monoisotopic (exact) mass is 302 g/mol.